The molecule has 2 amide bonds. The summed E-state index contributed by atoms with van der Waals surface area (Å²) >= 11 is 7.50. The number of hydrogen-bond donors (Lipinski definition) is 2. The van der Waals surface area contributed by atoms with E-state index >= 15 is 0 Å². The van der Waals surface area contributed by atoms with Crippen LogP contribution in [0.1, 0.15) is 25.9 Å². The average Bonchev–Trinajstić information content (AvgIpc) is 3.32. The summed E-state index contributed by atoms with van der Waals surface area (Å²) in [5.41, 5.74) is 2.64. The summed E-state index contributed by atoms with van der Waals surface area (Å²) in [7, 11) is 0. The van der Waals surface area contributed by atoms with Crippen molar-refractivity contribution in [2.75, 3.05) is 10.6 Å². The van der Waals surface area contributed by atoms with Gasteiger partial charge in [0.15, 0.2) is 11.5 Å². The fraction of sp³-hybridized carbons (Fsp3) is 0.0500. The van der Waals surface area contributed by atoms with E-state index in [-0.39, 0.29) is 11.8 Å². The van der Waals surface area contributed by atoms with Gasteiger partial charge in [-0.15, -0.1) is 11.3 Å². The molecule has 28 heavy (non-hydrogen) atoms. The summed E-state index contributed by atoms with van der Waals surface area (Å²) in [5.74, 6) is -0.0496. The van der Waals surface area contributed by atoms with E-state index in [0.717, 1.165) is 0 Å². The molecule has 0 saturated heterocycles. The quantitative estimate of drug-likeness (QED) is 0.473. The number of oxazole rings is 1. The molecule has 0 aliphatic carbocycles. The monoisotopic (exact) mass is 411 g/mol. The van der Waals surface area contributed by atoms with Gasteiger partial charge in [0.25, 0.3) is 11.8 Å². The maximum Gasteiger partial charge on any atom is 0.265 e. The van der Waals surface area contributed by atoms with Gasteiger partial charge in [0.1, 0.15) is 5.52 Å². The van der Waals surface area contributed by atoms with E-state index in [1.807, 2.05) is 5.38 Å². The zero-order chi connectivity index (χ0) is 19.7. The third kappa shape index (κ3) is 3.76. The Morgan fingerprint density at radius 1 is 1.07 bits per heavy atom. The van der Waals surface area contributed by atoms with E-state index in [1.165, 1.54) is 11.3 Å². The first-order chi connectivity index (χ1) is 13.5. The molecule has 0 aliphatic rings. The van der Waals surface area contributed by atoms with Gasteiger partial charge < -0.3 is 15.1 Å². The standard InChI is InChI=1S/C20H14ClN3O3S/c1-11-22-16-10-13(5-7-17(16)27-11)23-19(25)12-4-6-14(21)15(9-12)24-20(26)18-3-2-8-28-18/h2-10H,1H3,(H,23,25)(H,24,26). The second kappa shape index (κ2) is 7.46. The van der Waals surface area contributed by atoms with Gasteiger partial charge in [0.05, 0.1) is 15.6 Å². The normalized spacial score (nSPS) is 10.8. The van der Waals surface area contributed by atoms with Gasteiger partial charge in [-0.25, -0.2) is 4.98 Å². The van der Waals surface area contributed by atoms with Crippen molar-refractivity contribution in [2.45, 2.75) is 6.92 Å². The van der Waals surface area contributed by atoms with E-state index in [9.17, 15) is 9.59 Å². The minimum absolute atomic E-state index is 0.277. The molecule has 0 aliphatic heterocycles. The molecule has 0 bridgehead atoms. The minimum Gasteiger partial charge on any atom is -0.441 e. The van der Waals surface area contributed by atoms with E-state index in [0.29, 0.717) is 43.8 Å². The van der Waals surface area contributed by atoms with Crippen LogP contribution in [0.4, 0.5) is 11.4 Å². The number of carbonyl (C=O) groups excluding carboxylic acids is 2. The first kappa shape index (κ1) is 18.2. The predicted molar refractivity (Wildman–Crippen MR) is 110 cm³/mol. The smallest absolute Gasteiger partial charge is 0.265 e. The largest absolute Gasteiger partial charge is 0.441 e. The Morgan fingerprint density at radius 2 is 1.93 bits per heavy atom. The highest BCUT2D eigenvalue weighted by Crippen LogP contribution is 2.25. The van der Waals surface area contributed by atoms with E-state index in [2.05, 4.69) is 15.6 Å². The van der Waals surface area contributed by atoms with Crippen LogP contribution in [0.3, 0.4) is 0 Å². The molecule has 2 aromatic carbocycles. The van der Waals surface area contributed by atoms with Gasteiger partial charge in [0.2, 0.25) is 0 Å². The number of carbonyl (C=O) groups is 2. The number of aryl methyl sites for hydroxylation is 1. The van der Waals surface area contributed by atoms with Crippen LogP contribution in [0.2, 0.25) is 5.02 Å². The Balaban J connectivity index is 1.54. The maximum absolute atomic E-state index is 12.6. The Labute approximate surface area is 169 Å². The number of amides is 2. The highest BCUT2D eigenvalue weighted by Gasteiger charge is 2.14. The van der Waals surface area contributed by atoms with Crippen LogP contribution < -0.4 is 10.6 Å². The molecule has 0 atom stereocenters. The molecule has 8 heteroatoms. The molecule has 0 unspecified atom stereocenters. The molecule has 0 fully saturated rings. The number of anilines is 2. The zero-order valence-electron chi connectivity index (χ0n) is 14.7. The first-order valence-electron chi connectivity index (χ1n) is 8.32. The molecule has 0 radical (unpaired) electrons. The van der Waals surface area contributed by atoms with Crippen LogP contribution in [0.25, 0.3) is 11.1 Å². The topological polar surface area (TPSA) is 84.2 Å². The molecule has 4 rings (SSSR count). The highest BCUT2D eigenvalue weighted by molar-refractivity contribution is 7.12. The zero-order valence-corrected chi connectivity index (χ0v) is 16.2. The second-order valence-corrected chi connectivity index (χ2v) is 7.35. The van der Waals surface area contributed by atoms with E-state index < -0.39 is 0 Å². The fourth-order valence-electron chi connectivity index (χ4n) is 2.68. The fourth-order valence-corrected chi connectivity index (χ4v) is 3.46. The van der Waals surface area contributed by atoms with Crippen molar-refractivity contribution >= 4 is 57.2 Å². The molecule has 0 spiro atoms. The summed E-state index contributed by atoms with van der Waals surface area (Å²) in [5, 5.41) is 7.71. The lowest BCUT2D eigenvalue weighted by Crippen LogP contribution is -2.14. The first-order valence-corrected chi connectivity index (χ1v) is 9.58. The molecule has 2 aromatic heterocycles. The molecular weight excluding hydrogens is 398 g/mol. The summed E-state index contributed by atoms with van der Waals surface area (Å²) < 4.78 is 5.43. The summed E-state index contributed by atoms with van der Waals surface area (Å²) in [6, 6.07) is 13.4. The molecule has 2 N–H and O–H groups in total. The number of thiophene rings is 1. The molecule has 4 aromatic rings. The van der Waals surface area contributed by atoms with Crippen molar-refractivity contribution in [3.8, 4) is 0 Å². The molecule has 6 nitrogen and oxygen atoms in total. The Bertz CT molecular complexity index is 1180. The lowest BCUT2D eigenvalue weighted by molar-refractivity contribution is 0.101. The van der Waals surface area contributed by atoms with Crippen LogP contribution in [-0.2, 0) is 0 Å². The summed E-state index contributed by atoms with van der Waals surface area (Å²) in [4.78, 5) is 29.7. The van der Waals surface area contributed by atoms with E-state index in [1.54, 1.807) is 55.5 Å². The van der Waals surface area contributed by atoms with Crippen LogP contribution in [-0.4, -0.2) is 16.8 Å². The van der Waals surface area contributed by atoms with Crippen molar-refractivity contribution in [3.05, 3.63) is 75.3 Å². The van der Waals surface area contributed by atoms with Crippen molar-refractivity contribution in [1.29, 1.82) is 0 Å². The Kier molecular flexibility index (Phi) is 4.85. The van der Waals surface area contributed by atoms with Crippen molar-refractivity contribution in [1.82, 2.24) is 4.98 Å². The van der Waals surface area contributed by atoms with Gasteiger partial charge >= 0.3 is 0 Å². The van der Waals surface area contributed by atoms with Crippen molar-refractivity contribution < 1.29 is 14.0 Å². The van der Waals surface area contributed by atoms with Gasteiger partial charge in [-0.05, 0) is 47.8 Å². The predicted octanol–water partition coefficient (Wildman–Crippen LogP) is 5.36. The molecule has 140 valence electrons. The minimum atomic E-state index is -0.331. The van der Waals surface area contributed by atoms with Gasteiger partial charge in [-0.2, -0.15) is 0 Å². The molecule has 0 saturated carbocycles. The lowest BCUT2D eigenvalue weighted by Gasteiger charge is -2.10. The van der Waals surface area contributed by atoms with Gasteiger partial charge in [0, 0.05) is 18.2 Å². The SMILES string of the molecule is Cc1nc2cc(NC(=O)c3ccc(Cl)c(NC(=O)c4cccs4)c3)ccc2o1. The second-order valence-electron chi connectivity index (χ2n) is 6.00. The number of hydrogen-bond acceptors (Lipinski definition) is 5. The Morgan fingerprint density at radius 3 is 2.71 bits per heavy atom. The summed E-state index contributed by atoms with van der Waals surface area (Å²) in [6.45, 7) is 1.76. The number of nitrogens with one attached hydrogen (secondary N) is 2. The number of aromatic nitrogens is 1. The number of benzene rings is 2. The Hall–Kier alpha value is -3.16. The van der Waals surface area contributed by atoms with Gasteiger partial charge in [-0.3, -0.25) is 9.59 Å². The lowest BCUT2D eigenvalue weighted by atomic mass is 10.1. The maximum atomic E-state index is 12.6. The number of fused-ring (bicyclic) bond motifs is 1. The van der Waals surface area contributed by atoms with Crippen LogP contribution in [0, 0.1) is 6.92 Å². The van der Waals surface area contributed by atoms with Crippen LogP contribution in [0.15, 0.2) is 58.3 Å². The highest BCUT2D eigenvalue weighted by atomic mass is 35.5. The van der Waals surface area contributed by atoms with Crippen molar-refractivity contribution in [3.63, 3.8) is 0 Å². The van der Waals surface area contributed by atoms with Crippen LogP contribution in [0.5, 0.6) is 0 Å². The molecular formula is C20H14ClN3O3S. The van der Waals surface area contributed by atoms with Crippen molar-refractivity contribution in [2.24, 2.45) is 0 Å². The van der Waals surface area contributed by atoms with Crippen LogP contribution >= 0.6 is 22.9 Å². The van der Waals surface area contributed by atoms with Gasteiger partial charge in [-0.1, -0.05) is 17.7 Å². The average molecular weight is 412 g/mol. The molecule has 2 heterocycles. The number of rotatable bonds is 4. The number of halogens is 1. The third-order valence-corrected chi connectivity index (χ3v) is 5.17. The third-order valence-electron chi connectivity index (χ3n) is 3.97. The van der Waals surface area contributed by atoms with E-state index in [4.69, 9.17) is 16.0 Å². The number of nitrogens with zero attached hydrogens (tertiary/aromatic N) is 1. The summed E-state index contributed by atoms with van der Waals surface area (Å²) in [6.07, 6.45) is 0.